The van der Waals surface area contributed by atoms with E-state index in [1.54, 1.807) is 0 Å². The molecule has 1 aromatic rings. The highest BCUT2D eigenvalue weighted by atomic mass is 32.2. The van der Waals surface area contributed by atoms with E-state index in [9.17, 15) is 18.0 Å². The molecule has 20 heavy (non-hydrogen) atoms. The number of amides is 1. The fraction of sp³-hybridized carbons (Fsp3) is 0.455. The predicted molar refractivity (Wildman–Crippen MR) is 74.4 cm³/mol. The number of thiophene rings is 1. The van der Waals surface area contributed by atoms with Gasteiger partial charge in [-0.25, -0.2) is 12.7 Å². The first-order chi connectivity index (χ1) is 9.26. The summed E-state index contributed by atoms with van der Waals surface area (Å²) in [6, 6.07) is 1.38. The Bertz CT molecular complexity index is 592. The van der Waals surface area contributed by atoms with E-state index >= 15 is 0 Å². The molecule has 1 rings (SSSR count). The van der Waals surface area contributed by atoms with E-state index in [4.69, 9.17) is 5.11 Å². The zero-order chi connectivity index (χ0) is 15.3. The Balaban J connectivity index is 2.76. The van der Waals surface area contributed by atoms with E-state index in [1.807, 2.05) is 0 Å². The first-order valence-electron chi connectivity index (χ1n) is 5.77. The lowest BCUT2D eigenvalue weighted by Gasteiger charge is -2.11. The highest BCUT2D eigenvalue weighted by Gasteiger charge is 2.25. The van der Waals surface area contributed by atoms with Crippen LogP contribution in [-0.2, 0) is 14.8 Å². The van der Waals surface area contributed by atoms with Crippen molar-refractivity contribution in [3.63, 3.8) is 0 Å². The van der Waals surface area contributed by atoms with Gasteiger partial charge < -0.3 is 10.4 Å². The maximum absolute atomic E-state index is 12.0. The number of carbonyl (C=O) groups excluding carboxylic acids is 1. The molecule has 0 bridgehead atoms. The van der Waals surface area contributed by atoms with Crippen molar-refractivity contribution in [1.82, 2.24) is 9.62 Å². The van der Waals surface area contributed by atoms with E-state index in [1.165, 1.54) is 25.5 Å². The lowest BCUT2D eigenvalue weighted by atomic mass is 10.3. The molecular weight excluding hydrogens is 304 g/mol. The van der Waals surface area contributed by atoms with Gasteiger partial charge in [0.1, 0.15) is 9.77 Å². The molecule has 7 nitrogen and oxygen atoms in total. The summed E-state index contributed by atoms with van der Waals surface area (Å²) in [4.78, 5) is 22.3. The van der Waals surface area contributed by atoms with Gasteiger partial charge >= 0.3 is 5.97 Å². The average molecular weight is 320 g/mol. The Hall–Kier alpha value is -1.45. The van der Waals surface area contributed by atoms with Crippen molar-refractivity contribution >= 4 is 33.2 Å². The molecule has 1 amide bonds. The van der Waals surface area contributed by atoms with Gasteiger partial charge in [0.05, 0.1) is 0 Å². The minimum Gasteiger partial charge on any atom is -0.481 e. The zero-order valence-electron chi connectivity index (χ0n) is 11.1. The smallest absolute Gasteiger partial charge is 0.303 e. The molecule has 0 fully saturated rings. The second-order valence-corrected chi connectivity index (χ2v) is 7.19. The van der Waals surface area contributed by atoms with Crippen molar-refractivity contribution in [2.45, 2.75) is 17.7 Å². The summed E-state index contributed by atoms with van der Waals surface area (Å²) in [6.45, 7) is 0.185. The highest BCUT2D eigenvalue weighted by molar-refractivity contribution is 7.89. The van der Waals surface area contributed by atoms with E-state index in [0.717, 1.165) is 15.6 Å². The summed E-state index contributed by atoms with van der Waals surface area (Å²) in [5.41, 5.74) is 0. The maximum Gasteiger partial charge on any atom is 0.303 e. The van der Waals surface area contributed by atoms with E-state index in [2.05, 4.69) is 5.32 Å². The predicted octanol–water partition coefficient (Wildman–Crippen LogP) is 0.593. The fourth-order valence-corrected chi connectivity index (χ4v) is 3.60. The van der Waals surface area contributed by atoms with Crippen molar-refractivity contribution in [1.29, 1.82) is 0 Å². The minimum absolute atomic E-state index is 0.0387. The number of carboxylic acids is 1. The number of sulfonamides is 1. The quantitative estimate of drug-likeness (QED) is 0.716. The summed E-state index contributed by atoms with van der Waals surface area (Å²) >= 11 is 1.03. The number of nitrogens with one attached hydrogen (secondary N) is 1. The second kappa shape index (κ2) is 6.82. The van der Waals surface area contributed by atoms with Crippen LogP contribution in [0.4, 0.5) is 0 Å². The fourth-order valence-electron chi connectivity index (χ4n) is 1.38. The molecule has 0 aliphatic heterocycles. The standard InChI is InChI=1S/C11H16N2O5S2/c1-13(2)20(17,18)8-5-7-19-10(8)11(16)12-6-3-4-9(14)15/h5,7H,3-4,6H2,1-2H3,(H,12,16)(H,14,15). The van der Waals surface area contributed by atoms with Crippen molar-refractivity contribution in [2.24, 2.45) is 0 Å². The van der Waals surface area contributed by atoms with Gasteiger partial charge in [0.15, 0.2) is 0 Å². The first kappa shape index (κ1) is 16.6. The van der Waals surface area contributed by atoms with Crippen LogP contribution >= 0.6 is 11.3 Å². The number of carbonyl (C=O) groups is 2. The molecular formula is C11H16N2O5S2. The molecule has 9 heteroatoms. The average Bonchev–Trinajstić information content (AvgIpc) is 2.83. The Morgan fingerprint density at radius 3 is 2.60 bits per heavy atom. The van der Waals surface area contributed by atoms with E-state index < -0.39 is 21.9 Å². The first-order valence-corrected chi connectivity index (χ1v) is 8.08. The molecule has 0 aliphatic rings. The van der Waals surface area contributed by atoms with Crippen molar-refractivity contribution < 1.29 is 23.1 Å². The van der Waals surface area contributed by atoms with Crippen molar-refractivity contribution in [2.75, 3.05) is 20.6 Å². The molecule has 0 spiro atoms. The Morgan fingerprint density at radius 2 is 2.05 bits per heavy atom. The van der Waals surface area contributed by atoms with Crippen molar-refractivity contribution in [3.05, 3.63) is 16.3 Å². The SMILES string of the molecule is CN(C)S(=O)(=O)c1ccsc1C(=O)NCCCC(=O)O. The number of rotatable bonds is 7. The number of carboxylic acid groups (broad SMARTS) is 1. The number of hydrogen-bond donors (Lipinski definition) is 2. The molecule has 1 aromatic heterocycles. The Morgan fingerprint density at radius 1 is 1.40 bits per heavy atom. The zero-order valence-corrected chi connectivity index (χ0v) is 12.8. The van der Waals surface area contributed by atoms with Gasteiger partial charge in [0.2, 0.25) is 10.0 Å². The molecule has 0 atom stereocenters. The summed E-state index contributed by atoms with van der Waals surface area (Å²) in [5, 5.41) is 12.5. The number of aliphatic carboxylic acids is 1. The number of nitrogens with zero attached hydrogens (tertiary/aromatic N) is 1. The molecule has 112 valence electrons. The molecule has 0 aromatic carbocycles. The Labute approximate surface area is 121 Å². The third-order valence-corrected chi connectivity index (χ3v) is 5.35. The number of hydrogen-bond acceptors (Lipinski definition) is 5. The van der Waals surface area contributed by atoms with Crippen LogP contribution in [0.3, 0.4) is 0 Å². The molecule has 2 N–H and O–H groups in total. The van der Waals surface area contributed by atoms with Gasteiger partial charge in [-0.05, 0) is 17.9 Å². The van der Waals surface area contributed by atoms with Crippen molar-refractivity contribution in [3.8, 4) is 0 Å². The van der Waals surface area contributed by atoms with Crippen LogP contribution < -0.4 is 5.32 Å². The van der Waals surface area contributed by atoms with Gasteiger partial charge in [-0.3, -0.25) is 9.59 Å². The lowest BCUT2D eigenvalue weighted by molar-refractivity contribution is -0.137. The third-order valence-electron chi connectivity index (χ3n) is 2.45. The molecule has 0 radical (unpaired) electrons. The van der Waals surface area contributed by atoms with Crippen LogP contribution in [0.1, 0.15) is 22.5 Å². The molecule has 1 heterocycles. The molecule has 0 saturated heterocycles. The van der Waals surface area contributed by atoms with E-state index in [-0.39, 0.29) is 22.7 Å². The van der Waals surface area contributed by atoms with Gasteiger partial charge in [-0.1, -0.05) is 0 Å². The van der Waals surface area contributed by atoms with Gasteiger partial charge in [-0.2, -0.15) is 0 Å². The van der Waals surface area contributed by atoms with Crippen LogP contribution in [-0.4, -0.2) is 50.3 Å². The topological polar surface area (TPSA) is 104 Å². The third kappa shape index (κ3) is 4.02. The summed E-state index contributed by atoms with van der Waals surface area (Å²) in [6.07, 6.45) is 0.246. The van der Waals surface area contributed by atoms with Gasteiger partial charge in [-0.15, -0.1) is 11.3 Å². The normalized spacial score (nSPS) is 11.6. The van der Waals surface area contributed by atoms with Gasteiger partial charge in [0.25, 0.3) is 5.91 Å². The highest BCUT2D eigenvalue weighted by Crippen LogP contribution is 2.23. The molecule has 0 aliphatic carbocycles. The summed E-state index contributed by atoms with van der Waals surface area (Å²) in [7, 11) is -0.884. The van der Waals surface area contributed by atoms with Crippen LogP contribution in [0.5, 0.6) is 0 Å². The maximum atomic E-state index is 12.0. The van der Waals surface area contributed by atoms with Crippen LogP contribution in [0.25, 0.3) is 0 Å². The second-order valence-electron chi connectivity index (χ2n) is 4.15. The summed E-state index contributed by atoms with van der Waals surface area (Å²) in [5.74, 6) is -1.45. The monoisotopic (exact) mass is 320 g/mol. The lowest BCUT2D eigenvalue weighted by Crippen LogP contribution is -2.28. The van der Waals surface area contributed by atoms with Gasteiger partial charge in [0, 0.05) is 27.1 Å². The Kier molecular flexibility index (Phi) is 5.66. The van der Waals surface area contributed by atoms with Crippen LogP contribution in [0.2, 0.25) is 0 Å². The van der Waals surface area contributed by atoms with Crippen LogP contribution in [0, 0.1) is 0 Å². The van der Waals surface area contributed by atoms with Crippen LogP contribution in [0.15, 0.2) is 16.3 Å². The minimum atomic E-state index is -3.66. The molecule has 0 unspecified atom stereocenters. The molecule has 0 saturated carbocycles. The summed E-state index contributed by atoms with van der Waals surface area (Å²) < 4.78 is 25.1. The largest absolute Gasteiger partial charge is 0.481 e. The van der Waals surface area contributed by atoms with E-state index in [0.29, 0.717) is 6.42 Å².